The minimum absolute atomic E-state index is 0.0481. The van der Waals surface area contributed by atoms with Gasteiger partial charge in [0.15, 0.2) is 27.3 Å². The van der Waals surface area contributed by atoms with Gasteiger partial charge in [-0.1, -0.05) is 0 Å². The molecule has 0 saturated heterocycles. The molecule has 0 saturated carbocycles. The van der Waals surface area contributed by atoms with Crippen molar-refractivity contribution in [2.45, 2.75) is 5.75 Å². The van der Waals surface area contributed by atoms with E-state index in [1.807, 2.05) is 0 Å². The van der Waals surface area contributed by atoms with Crippen molar-refractivity contribution in [3.05, 3.63) is 71.2 Å². The third-order valence-electron chi connectivity index (χ3n) is 3.65. The van der Waals surface area contributed by atoms with E-state index in [-0.39, 0.29) is 23.3 Å². The summed E-state index contributed by atoms with van der Waals surface area (Å²) in [5, 5.41) is 2.54. The van der Waals surface area contributed by atoms with Crippen molar-refractivity contribution in [2.24, 2.45) is 0 Å². The maximum Gasteiger partial charge on any atom is 0.227 e. The minimum atomic E-state index is -3.43. The molecule has 2 aromatic carbocycles. The average molecular weight is 429 g/mol. The molecule has 0 aliphatic rings. The Morgan fingerprint density at radius 1 is 0.897 bits per heavy atom. The summed E-state index contributed by atoms with van der Waals surface area (Å²) < 4.78 is 91.1. The maximum absolute atomic E-state index is 14.1. The van der Waals surface area contributed by atoms with Crippen LogP contribution in [0.2, 0.25) is 0 Å². The number of aromatic nitrogens is 2. The summed E-state index contributed by atoms with van der Waals surface area (Å²) in [6.45, 7) is 0. The molecule has 0 aliphatic heterocycles. The van der Waals surface area contributed by atoms with Gasteiger partial charge in [0.1, 0.15) is 17.3 Å². The number of benzene rings is 2. The number of nitrogens with zero attached hydrogens (tertiary/aromatic N) is 2. The molecule has 0 atom stereocenters. The Bertz CT molecular complexity index is 1200. The van der Waals surface area contributed by atoms with Crippen molar-refractivity contribution in [1.29, 1.82) is 0 Å². The van der Waals surface area contributed by atoms with Crippen LogP contribution in [0.4, 0.5) is 33.6 Å². The lowest BCUT2D eigenvalue weighted by Gasteiger charge is -2.10. The molecule has 3 rings (SSSR count). The summed E-state index contributed by atoms with van der Waals surface area (Å²) >= 11 is 0. The van der Waals surface area contributed by atoms with E-state index in [0.29, 0.717) is 12.3 Å². The van der Waals surface area contributed by atoms with Gasteiger partial charge in [0.2, 0.25) is 5.95 Å². The number of sulfone groups is 1. The standard InChI is InChI=1S/C18H12F5N3O2S/c1-29(27,28)8-9-2-10(19)4-11(3-9)25-18-24-7-16(23)17(26-18)12-5-14(21)15(22)6-13(12)20/h2-7H,8H2,1H3,(H,24,25,26). The van der Waals surface area contributed by atoms with Crippen molar-refractivity contribution in [3.8, 4) is 11.3 Å². The predicted octanol–water partition coefficient (Wildman–Crippen LogP) is 4.13. The molecule has 1 N–H and O–H groups in total. The molecule has 0 spiro atoms. The molecule has 0 unspecified atom stereocenters. The predicted molar refractivity (Wildman–Crippen MR) is 95.5 cm³/mol. The zero-order valence-electron chi connectivity index (χ0n) is 14.7. The van der Waals surface area contributed by atoms with Gasteiger partial charge in [0.05, 0.1) is 11.9 Å². The Kier molecular flexibility index (Phi) is 5.51. The van der Waals surface area contributed by atoms with Gasteiger partial charge in [-0.3, -0.25) is 0 Å². The van der Waals surface area contributed by atoms with Crippen LogP contribution in [0.25, 0.3) is 11.3 Å². The lowest BCUT2D eigenvalue weighted by atomic mass is 10.1. The van der Waals surface area contributed by atoms with E-state index >= 15 is 0 Å². The molecule has 0 amide bonds. The minimum Gasteiger partial charge on any atom is -0.324 e. The smallest absolute Gasteiger partial charge is 0.227 e. The Balaban J connectivity index is 1.98. The first kappa shape index (κ1) is 20.6. The van der Waals surface area contributed by atoms with Crippen LogP contribution in [0.3, 0.4) is 0 Å². The number of halogens is 5. The average Bonchev–Trinajstić information content (AvgIpc) is 2.58. The monoisotopic (exact) mass is 429 g/mol. The number of hydrogen-bond acceptors (Lipinski definition) is 5. The molecule has 3 aromatic rings. The Morgan fingerprint density at radius 2 is 1.59 bits per heavy atom. The molecule has 1 aromatic heterocycles. The summed E-state index contributed by atoms with van der Waals surface area (Å²) in [6, 6.07) is 4.06. The van der Waals surface area contributed by atoms with Crippen LogP contribution in [0.15, 0.2) is 36.5 Å². The van der Waals surface area contributed by atoms with Crippen molar-refractivity contribution in [2.75, 3.05) is 11.6 Å². The van der Waals surface area contributed by atoms with E-state index in [9.17, 15) is 30.4 Å². The number of hydrogen-bond donors (Lipinski definition) is 1. The fourth-order valence-corrected chi connectivity index (χ4v) is 3.33. The summed E-state index contributed by atoms with van der Waals surface area (Å²) in [5.74, 6) is -6.66. The van der Waals surface area contributed by atoms with Gasteiger partial charge >= 0.3 is 0 Å². The van der Waals surface area contributed by atoms with Gasteiger partial charge in [-0.2, -0.15) is 0 Å². The van der Waals surface area contributed by atoms with E-state index < -0.39 is 55.9 Å². The fourth-order valence-electron chi connectivity index (χ4n) is 2.56. The SMILES string of the molecule is CS(=O)(=O)Cc1cc(F)cc(Nc2ncc(F)c(-c3cc(F)c(F)cc3F)n2)c1. The normalized spacial score (nSPS) is 11.5. The van der Waals surface area contributed by atoms with Gasteiger partial charge in [0.25, 0.3) is 0 Å². The zero-order valence-corrected chi connectivity index (χ0v) is 15.5. The highest BCUT2D eigenvalue weighted by Crippen LogP contribution is 2.27. The van der Waals surface area contributed by atoms with Crippen molar-refractivity contribution in [1.82, 2.24) is 9.97 Å². The van der Waals surface area contributed by atoms with Crippen molar-refractivity contribution < 1.29 is 30.4 Å². The van der Waals surface area contributed by atoms with Gasteiger partial charge in [-0.05, 0) is 29.8 Å². The van der Waals surface area contributed by atoms with Crippen LogP contribution in [-0.4, -0.2) is 24.6 Å². The highest BCUT2D eigenvalue weighted by molar-refractivity contribution is 7.89. The lowest BCUT2D eigenvalue weighted by molar-refractivity contribution is 0.495. The van der Waals surface area contributed by atoms with Crippen LogP contribution in [0, 0.1) is 29.1 Å². The summed E-state index contributed by atoms with van der Waals surface area (Å²) in [5.41, 5.74) is -1.09. The highest BCUT2D eigenvalue weighted by atomic mass is 32.2. The summed E-state index contributed by atoms with van der Waals surface area (Å²) in [4.78, 5) is 7.37. The molecule has 0 bridgehead atoms. The van der Waals surface area contributed by atoms with Crippen molar-refractivity contribution in [3.63, 3.8) is 0 Å². The van der Waals surface area contributed by atoms with E-state index in [2.05, 4.69) is 15.3 Å². The first-order valence-corrected chi connectivity index (χ1v) is 9.99. The molecular weight excluding hydrogens is 417 g/mol. The maximum atomic E-state index is 14.1. The van der Waals surface area contributed by atoms with Crippen LogP contribution >= 0.6 is 0 Å². The number of rotatable bonds is 5. The van der Waals surface area contributed by atoms with Gasteiger partial charge in [-0.15, -0.1) is 0 Å². The number of anilines is 2. The molecule has 0 aliphatic carbocycles. The van der Waals surface area contributed by atoms with E-state index in [1.165, 1.54) is 6.07 Å². The Hall–Kier alpha value is -3.08. The van der Waals surface area contributed by atoms with E-state index in [0.717, 1.165) is 18.4 Å². The molecule has 5 nitrogen and oxygen atoms in total. The topological polar surface area (TPSA) is 72.0 Å². The Morgan fingerprint density at radius 3 is 2.28 bits per heavy atom. The zero-order chi connectivity index (χ0) is 21.3. The molecular formula is C18H12F5N3O2S. The molecule has 0 radical (unpaired) electrons. The van der Waals surface area contributed by atoms with Crippen LogP contribution in [0.5, 0.6) is 0 Å². The van der Waals surface area contributed by atoms with Crippen molar-refractivity contribution >= 4 is 21.5 Å². The molecule has 29 heavy (non-hydrogen) atoms. The van der Waals surface area contributed by atoms with Crippen LogP contribution in [0.1, 0.15) is 5.56 Å². The van der Waals surface area contributed by atoms with E-state index in [1.54, 1.807) is 0 Å². The first-order valence-electron chi connectivity index (χ1n) is 7.93. The van der Waals surface area contributed by atoms with Gasteiger partial charge in [0, 0.05) is 23.6 Å². The lowest BCUT2D eigenvalue weighted by Crippen LogP contribution is -2.04. The highest BCUT2D eigenvalue weighted by Gasteiger charge is 2.18. The number of nitrogens with one attached hydrogen (secondary N) is 1. The van der Waals surface area contributed by atoms with Gasteiger partial charge < -0.3 is 5.32 Å². The quantitative estimate of drug-likeness (QED) is 0.488. The van der Waals surface area contributed by atoms with Crippen LogP contribution in [-0.2, 0) is 15.6 Å². The summed E-state index contributed by atoms with van der Waals surface area (Å²) in [6.07, 6.45) is 1.65. The van der Waals surface area contributed by atoms with E-state index in [4.69, 9.17) is 0 Å². The first-order chi connectivity index (χ1) is 13.5. The van der Waals surface area contributed by atoms with Gasteiger partial charge in [-0.25, -0.2) is 40.3 Å². The second-order valence-corrected chi connectivity index (χ2v) is 8.32. The molecule has 1 heterocycles. The third-order valence-corrected chi connectivity index (χ3v) is 4.51. The second-order valence-electron chi connectivity index (χ2n) is 6.18. The molecule has 0 fully saturated rings. The second kappa shape index (κ2) is 7.74. The third kappa shape index (κ3) is 5.05. The largest absolute Gasteiger partial charge is 0.324 e. The van der Waals surface area contributed by atoms with Crippen LogP contribution < -0.4 is 5.32 Å². The molecule has 152 valence electrons. The molecule has 11 heteroatoms. The fraction of sp³-hybridized carbons (Fsp3) is 0.111. The summed E-state index contributed by atoms with van der Waals surface area (Å²) in [7, 11) is -3.43. The Labute approximate surface area is 162 Å².